The SMILES string of the molecule is CCOc1ccccc1N(CC(=O)NCCCc1ccc(F)cc1)S(C)(=O)=O. The number of amides is 1. The van der Waals surface area contributed by atoms with E-state index in [-0.39, 0.29) is 12.4 Å². The molecule has 0 spiro atoms. The summed E-state index contributed by atoms with van der Waals surface area (Å²) in [7, 11) is -3.67. The zero-order valence-corrected chi connectivity index (χ0v) is 16.8. The minimum Gasteiger partial charge on any atom is -0.492 e. The van der Waals surface area contributed by atoms with Crippen LogP contribution in [0.5, 0.6) is 5.75 Å². The summed E-state index contributed by atoms with van der Waals surface area (Å²) in [5.74, 6) is -0.291. The van der Waals surface area contributed by atoms with E-state index in [4.69, 9.17) is 4.74 Å². The lowest BCUT2D eigenvalue weighted by atomic mass is 10.1. The first-order valence-electron chi connectivity index (χ1n) is 9.02. The van der Waals surface area contributed by atoms with Crippen molar-refractivity contribution in [2.75, 3.05) is 30.3 Å². The third-order valence-corrected chi connectivity index (χ3v) is 5.13. The van der Waals surface area contributed by atoms with Gasteiger partial charge in [0.1, 0.15) is 18.1 Å². The normalized spacial score (nSPS) is 11.1. The molecule has 2 aromatic rings. The first-order valence-corrected chi connectivity index (χ1v) is 10.9. The number of para-hydroxylation sites is 2. The number of carbonyl (C=O) groups excluding carboxylic acids is 1. The number of hydrogen-bond donors (Lipinski definition) is 1. The average molecular weight is 408 g/mol. The quantitative estimate of drug-likeness (QED) is 0.614. The maximum atomic E-state index is 12.9. The van der Waals surface area contributed by atoms with E-state index in [2.05, 4.69) is 5.32 Å². The number of benzene rings is 2. The van der Waals surface area contributed by atoms with Crippen molar-refractivity contribution in [3.05, 3.63) is 59.9 Å². The molecule has 1 N–H and O–H groups in total. The highest BCUT2D eigenvalue weighted by Gasteiger charge is 2.23. The van der Waals surface area contributed by atoms with Crippen LogP contribution in [-0.2, 0) is 21.2 Å². The second-order valence-electron chi connectivity index (χ2n) is 6.25. The van der Waals surface area contributed by atoms with Gasteiger partial charge in [-0.15, -0.1) is 0 Å². The highest BCUT2D eigenvalue weighted by Crippen LogP contribution is 2.29. The molecule has 0 bridgehead atoms. The summed E-state index contributed by atoms with van der Waals surface area (Å²) in [6, 6.07) is 12.9. The van der Waals surface area contributed by atoms with Crippen LogP contribution in [0.15, 0.2) is 48.5 Å². The van der Waals surface area contributed by atoms with Gasteiger partial charge in [-0.25, -0.2) is 12.8 Å². The van der Waals surface area contributed by atoms with Gasteiger partial charge in [0.25, 0.3) is 0 Å². The van der Waals surface area contributed by atoms with Gasteiger partial charge in [-0.1, -0.05) is 24.3 Å². The van der Waals surface area contributed by atoms with Gasteiger partial charge in [-0.05, 0) is 49.6 Å². The number of hydrogen-bond acceptors (Lipinski definition) is 4. The van der Waals surface area contributed by atoms with Crippen molar-refractivity contribution in [2.45, 2.75) is 19.8 Å². The molecule has 0 atom stereocenters. The van der Waals surface area contributed by atoms with Gasteiger partial charge < -0.3 is 10.1 Å². The molecular weight excluding hydrogens is 383 g/mol. The predicted molar refractivity (Wildman–Crippen MR) is 108 cm³/mol. The first kappa shape index (κ1) is 21.7. The van der Waals surface area contributed by atoms with Crippen molar-refractivity contribution in [3.8, 4) is 5.75 Å². The summed E-state index contributed by atoms with van der Waals surface area (Å²) < 4.78 is 43.9. The van der Waals surface area contributed by atoms with Crippen LogP contribution in [0.4, 0.5) is 10.1 Å². The lowest BCUT2D eigenvalue weighted by Gasteiger charge is -2.24. The predicted octanol–water partition coefficient (Wildman–Crippen LogP) is 2.74. The van der Waals surface area contributed by atoms with Gasteiger partial charge >= 0.3 is 0 Å². The fourth-order valence-corrected chi connectivity index (χ4v) is 3.54. The molecule has 152 valence electrons. The molecule has 6 nitrogen and oxygen atoms in total. The number of carbonyl (C=O) groups is 1. The van der Waals surface area contributed by atoms with E-state index in [9.17, 15) is 17.6 Å². The van der Waals surface area contributed by atoms with E-state index in [0.29, 0.717) is 37.4 Å². The zero-order valence-electron chi connectivity index (χ0n) is 16.0. The number of sulfonamides is 1. The molecule has 0 heterocycles. The van der Waals surface area contributed by atoms with Crippen molar-refractivity contribution in [3.63, 3.8) is 0 Å². The van der Waals surface area contributed by atoms with Crippen LogP contribution in [0.1, 0.15) is 18.9 Å². The average Bonchev–Trinajstić information content (AvgIpc) is 2.65. The molecule has 0 radical (unpaired) electrons. The van der Waals surface area contributed by atoms with Gasteiger partial charge in [-0.3, -0.25) is 9.10 Å². The molecule has 0 unspecified atom stereocenters. The molecule has 0 aliphatic rings. The van der Waals surface area contributed by atoms with Crippen LogP contribution < -0.4 is 14.4 Å². The Kier molecular flexibility index (Phi) is 7.80. The monoisotopic (exact) mass is 408 g/mol. The van der Waals surface area contributed by atoms with E-state index < -0.39 is 15.9 Å². The van der Waals surface area contributed by atoms with Crippen LogP contribution >= 0.6 is 0 Å². The number of aryl methyl sites for hydroxylation is 1. The Balaban J connectivity index is 1.95. The van der Waals surface area contributed by atoms with Gasteiger partial charge in [0, 0.05) is 6.54 Å². The topological polar surface area (TPSA) is 75.7 Å². The van der Waals surface area contributed by atoms with Gasteiger partial charge in [0.2, 0.25) is 15.9 Å². The standard InChI is InChI=1S/C20H25FN2O4S/c1-3-27-19-9-5-4-8-18(19)23(28(2,25)26)15-20(24)22-14-6-7-16-10-12-17(21)13-11-16/h4-5,8-13H,3,6-7,14-15H2,1-2H3,(H,22,24). The smallest absolute Gasteiger partial charge is 0.240 e. The second-order valence-corrected chi connectivity index (χ2v) is 8.16. The number of nitrogens with one attached hydrogen (secondary N) is 1. The second kappa shape index (κ2) is 10.1. The number of rotatable bonds is 10. The molecule has 0 aliphatic heterocycles. The number of ether oxygens (including phenoxy) is 1. The number of anilines is 1. The Bertz CT molecular complexity index is 885. The van der Waals surface area contributed by atoms with Crippen LogP contribution in [0.3, 0.4) is 0 Å². The zero-order chi connectivity index (χ0) is 20.6. The molecular formula is C20H25FN2O4S. The Hall–Kier alpha value is -2.61. The highest BCUT2D eigenvalue weighted by atomic mass is 32.2. The third-order valence-electron chi connectivity index (χ3n) is 4.00. The van der Waals surface area contributed by atoms with Crippen LogP contribution in [0.25, 0.3) is 0 Å². The molecule has 0 saturated carbocycles. The molecule has 8 heteroatoms. The Labute approximate surface area is 165 Å². The van der Waals surface area contributed by atoms with Crippen LogP contribution in [0, 0.1) is 5.82 Å². The molecule has 2 aromatic carbocycles. The summed E-state index contributed by atoms with van der Waals surface area (Å²) in [5.41, 5.74) is 1.30. The van der Waals surface area contributed by atoms with Crippen LogP contribution in [0.2, 0.25) is 0 Å². The van der Waals surface area contributed by atoms with Crippen molar-refractivity contribution in [1.82, 2.24) is 5.32 Å². The van der Waals surface area contributed by atoms with Crippen molar-refractivity contribution in [2.24, 2.45) is 0 Å². The third kappa shape index (κ3) is 6.53. The Morgan fingerprint density at radius 1 is 1.14 bits per heavy atom. The molecule has 0 aliphatic carbocycles. The number of nitrogens with zero attached hydrogens (tertiary/aromatic N) is 1. The molecule has 2 rings (SSSR count). The van der Waals surface area contributed by atoms with E-state index in [0.717, 1.165) is 16.1 Å². The van der Waals surface area contributed by atoms with Gasteiger partial charge in [0.05, 0.1) is 18.6 Å². The molecule has 1 amide bonds. The van der Waals surface area contributed by atoms with Crippen molar-refractivity contribution >= 4 is 21.6 Å². The minimum absolute atomic E-state index is 0.287. The fraction of sp³-hybridized carbons (Fsp3) is 0.350. The van der Waals surface area contributed by atoms with Crippen molar-refractivity contribution in [1.29, 1.82) is 0 Å². The van der Waals surface area contributed by atoms with Gasteiger partial charge in [-0.2, -0.15) is 0 Å². The van der Waals surface area contributed by atoms with E-state index in [1.165, 1.54) is 12.1 Å². The molecule has 28 heavy (non-hydrogen) atoms. The lowest BCUT2D eigenvalue weighted by molar-refractivity contribution is -0.119. The summed E-state index contributed by atoms with van der Waals surface area (Å²) >= 11 is 0. The molecule has 0 saturated heterocycles. The van der Waals surface area contributed by atoms with E-state index in [1.54, 1.807) is 43.3 Å². The minimum atomic E-state index is -3.67. The first-order chi connectivity index (χ1) is 13.3. The Morgan fingerprint density at radius 2 is 1.82 bits per heavy atom. The molecule has 0 fully saturated rings. The summed E-state index contributed by atoms with van der Waals surface area (Å²) in [6.45, 7) is 2.24. The largest absolute Gasteiger partial charge is 0.492 e. The Morgan fingerprint density at radius 3 is 2.46 bits per heavy atom. The molecule has 0 aromatic heterocycles. The van der Waals surface area contributed by atoms with E-state index in [1.807, 2.05) is 0 Å². The summed E-state index contributed by atoms with van der Waals surface area (Å²) in [6.07, 6.45) is 2.40. The maximum absolute atomic E-state index is 12.9. The number of halogens is 1. The maximum Gasteiger partial charge on any atom is 0.240 e. The van der Waals surface area contributed by atoms with Gasteiger partial charge in [0.15, 0.2) is 0 Å². The van der Waals surface area contributed by atoms with Crippen molar-refractivity contribution < 1.29 is 22.3 Å². The van der Waals surface area contributed by atoms with Crippen LogP contribution in [-0.4, -0.2) is 40.3 Å². The highest BCUT2D eigenvalue weighted by molar-refractivity contribution is 7.92. The van der Waals surface area contributed by atoms with E-state index >= 15 is 0 Å². The lowest BCUT2D eigenvalue weighted by Crippen LogP contribution is -2.40. The summed E-state index contributed by atoms with van der Waals surface area (Å²) in [5, 5.41) is 2.73. The summed E-state index contributed by atoms with van der Waals surface area (Å²) in [4.78, 5) is 12.3. The fourth-order valence-electron chi connectivity index (χ4n) is 2.68.